The van der Waals surface area contributed by atoms with Crippen LogP contribution in [0.15, 0.2) is 35.3 Å². The molecule has 0 aromatic heterocycles. The highest BCUT2D eigenvalue weighted by Crippen LogP contribution is 2.31. The zero-order chi connectivity index (χ0) is 20.8. The zero-order valence-corrected chi connectivity index (χ0v) is 16.9. The second-order valence-electron chi connectivity index (χ2n) is 7.50. The normalized spacial score (nSPS) is 26.0. The van der Waals surface area contributed by atoms with E-state index in [1.807, 2.05) is 26.0 Å². The monoisotopic (exact) mass is 403 g/mol. The number of rotatable bonds is 7. The molecule has 2 atom stereocenters. The van der Waals surface area contributed by atoms with E-state index >= 15 is 0 Å². The van der Waals surface area contributed by atoms with Gasteiger partial charge in [0.15, 0.2) is 0 Å². The molecule has 1 unspecified atom stereocenters. The number of nitrogens with zero attached hydrogens (tertiary/aromatic N) is 1. The number of carbonyl (C=O) groups excluding carboxylic acids is 1. The van der Waals surface area contributed by atoms with Crippen molar-refractivity contribution < 1.29 is 28.8 Å². The number of morpholine rings is 1. The van der Waals surface area contributed by atoms with Gasteiger partial charge < -0.3 is 29.5 Å². The minimum absolute atomic E-state index is 0.0210. The fraction of sp³-hybridized carbons (Fsp3) is 0.600. The molecule has 8 nitrogen and oxygen atoms in total. The highest BCUT2D eigenvalue weighted by atomic mass is 16.5. The Bertz CT molecular complexity index is 708. The number of allylic oxidation sites excluding steroid dienone is 3. The molecular weight excluding hydrogens is 375 g/mol. The SMILES string of the molecule is C/C=C\C1=C(C(=C/OC2CN(C(=O)CC3CNCCO3)C2)/C(=O)O)O[B]C[C@@H]1C. The molecule has 0 bridgehead atoms. The van der Waals surface area contributed by atoms with Crippen molar-refractivity contribution in [3.63, 3.8) is 0 Å². The van der Waals surface area contributed by atoms with Crippen LogP contribution in [0.1, 0.15) is 20.3 Å². The quantitative estimate of drug-likeness (QED) is 0.373. The van der Waals surface area contributed by atoms with Gasteiger partial charge in [-0.1, -0.05) is 19.1 Å². The first-order valence-electron chi connectivity index (χ1n) is 10.0. The van der Waals surface area contributed by atoms with Crippen LogP contribution in [0, 0.1) is 5.92 Å². The van der Waals surface area contributed by atoms with Crippen molar-refractivity contribution >= 4 is 19.4 Å². The highest BCUT2D eigenvalue weighted by Gasteiger charge is 2.34. The molecule has 0 aliphatic carbocycles. The fourth-order valence-electron chi connectivity index (χ4n) is 3.50. The van der Waals surface area contributed by atoms with Gasteiger partial charge in [0, 0.05) is 13.1 Å². The highest BCUT2D eigenvalue weighted by molar-refractivity contribution is 6.28. The number of carboxylic acids is 1. The van der Waals surface area contributed by atoms with Crippen LogP contribution < -0.4 is 5.32 Å². The summed E-state index contributed by atoms with van der Waals surface area (Å²) in [6.07, 6.45) is 5.72. The average Bonchev–Trinajstić information content (AvgIpc) is 2.66. The lowest BCUT2D eigenvalue weighted by atomic mass is 9.77. The third-order valence-electron chi connectivity index (χ3n) is 5.25. The molecular formula is C20H28BN2O6. The van der Waals surface area contributed by atoms with E-state index in [4.69, 9.17) is 14.1 Å². The van der Waals surface area contributed by atoms with E-state index in [1.165, 1.54) is 6.26 Å². The largest absolute Gasteiger partial charge is 0.562 e. The molecule has 0 saturated carbocycles. The minimum atomic E-state index is -1.11. The maximum atomic E-state index is 12.3. The molecule has 1 amide bonds. The summed E-state index contributed by atoms with van der Waals surface area (Å²) >= 11 is 0. The molecule has 0 aromatic carbocycles. The van der Waals surface area contributed by atoms with Crippen LogP contribution in [-0.4, -0.2) is 74.4 Å². The Morgan fingerprint density at radius 1 is 1.41 bits per heavy atom. The lowest BCUT2D eigenvalue weighted by molar-refractivity contribution is -0.145. The van der Waals surface area contributed by atoms with E-state index in [0.29, 0.717) is 38.4 Å². The van der Waals surface area contributed by atoms with Crippen LogP contribution >= 0.6 is 0 Å². The summed E-state index contributed by atoms with van der Waals surface area (Å²) in [7, 11) is 1.62. The second-order valence-corrected chi connectivity index (χ2v) is 7.50. The summed E-state index contributed by atoms with van der Waals surface area (Å²) in [5, 5.41) is 12.8. The molecule has 0 spiro atoms. The van der Waals surface area contributed by atoms with Gasteiger partial charge in [0.05, 0.1) is 32.2 Å². The Morgan fingerprint density at radius 2 is 2.21 bits per heavy atom. The van der Waals surface area contributed by atoms with Gasteiger partial charge in [-0.3, -0.25) is 4.79 Å². The van der Waals surface area contributed by atoms with Gasteiger partial charge >= 0.3 is 13.5 Å². The standard InChI is InChI=1S/C20H28BN2O6/c1-3-4-16-13(2)8-21-29-19(16)17(20(25)26)12-28-15-10-23(11-15)18(24)7-14-9-22-5-6-27-14/h3-4,12-15,22H,5-11H2,1-2H3,(H,25,26)/b4-3-,17-12-/t13-,14?/m0/s1. The van der Waals surface area contributed by atoms with Crippen LogP contribution in [0.4, 0.5) is 0 Å². The van der Waals surface area contributed by atoms with E-state index in [9.17, 15) is 14.7 Å². The van der Waals surface area contributed by atoms with Gasteiger partial charge in [-0.05, 0) is 24.7 Å². The summed E-state index contributed by atoms with van der Waals surface area (Å²) in [5.74, 6) is -0.619. The molecule has 2 fully saturated rings. The van der Waals surface area contributed by atoms with Crippen molar-refractivity contribution in [3.05, 3.63) is 35.3 Å². The third-order valence-corrected chi connectivity index (χ3v) is 5.25. The van der Waals surface area contributed by atoms with Crippen molar-refractivity contribution in [2.75, 3.05) is 32.8 Å². The van der Waals surface area contributed by atoms with Crippen LogP contribution in [0.5, 0.6) is 0 Å². The Labute approximate surface area is 171 Å². The smallest absolute Gasteiger partial charge is 0.370 e. The topological polar surface area (TPSA) is 97.3 Å². The number of amides is 1. The Morgan fingerprint density at radius 3 is 2.86 bits per heavy atom. The Hall–Kier alpha value is -2.26. The molecule has 3 rings (SSSR count). The van der Waals surface area contributed by atoms with Crippen LogP contribution in [0.25, 0.3) is 0 Å². The number of carbonyl (C=O) groups is 2. The molecule has 0 aromatic rings. The summed E-state index contributed by atoms with van der Waals surface area (Å²) in [6, 6.07) is 0. The van der Waals surface area contributed by atoms with E-state index in [0.717, 1.165) is 18.4 Å². The minimum Gasteiger partial charge on any atom is -0.562 e. The average molecular weight is 403 g/mol. The van der Waals surface area contributed by atoms with Gasteiger partial charge in [0.2, 0.25) is 5.91 Å². The van der Waals surface area contributed by atoms with Crippen molar-refractivity contribution in [1.29, 1.82) is 0 Å². The predicted octanol–water partition coefficient (Wildman–Crippen LogP) is 1.09. The van der Waals surface area contributed by atoms with Gasteiger partial charge in [0.25, 0.3) is 0 Å². The maximum Gasteiger partial charge on any atom is 0.370 e. The Kier molecular flexibility index (Phi) is 7.38. The summed E-state index contributed by atoms with van der Waals surface area (Å²) in [5.41, 5.74) is 0.811. The first-order chi connectivity index (χ1) is 14.0. The molecule has 1 radical (unpaired) electrons. The number of hydrogen-bond acceptors (Lipinski definition) is 6. The van der Waals surface area contributed by atoms with E-state index in [1.54, 1.807) is 12.4 Å². The van der Waals surface area contributed by atoms with Gasteiger partial charge in [-0.25, -0.2) is 4.79 Å². The molecule has 9 heteroatoms. The molecule has 29 heavy (non-hydrogen) atoms. The molecule has 2 saturated heterocycles. The number of nitrogens with one attached hydrogen (secondary N) is 1. The third kappa shape index (κ3) is 5.42. The van der Waals surface area contributed by atoms with E-state index in [-0.39, 0.29) is 29.6 Å². The molecule has 3 aliphatic heterocycles. The van der Waals surface area contributed by atoms with Crippen molar-refractivity contribution in [1.82, 2.24) is 10.2 Å². The van der Waals surface area contributed by atoms with Crippen LogP contribution in [-0.2, 0) is 23.7 Å². The van der Waals surface area contributed by atoms with Crippen LogP contribution in [0.2, 0.25) is 6.32 Å². The van der Waals surface area contributed by atoms with Crippen molar-refractivity contribution in [3.8, 4) is 0 Å². The Balaban J connectivity index is 1.57. The van der Waals surface area contributed by atoms with E-state index in [2.05, 4.69) is 5.32 Å². The molecule has 157 valence electrons. The number of aliphatic carboxylic acids is 1. The maximum absolute atomic E-state index is 12.3. The van der Waals surface area contributed by atoms with Crippen LogP contribution in [0.3, 0.4) is 0 Å². The van der Waals surface area contributed by atoms with Crippen molar-refractivity contribution in [2.24, 2.45) is 5.92 Å². The number of carboxylic acid groups (broad SMARTS) is 1. The fourth-order valence-corrected chi connectivity index (χ4v) is 3.50. The van der Waals surface area contributed by atoms with Gasteiger partial charge in [0.1, 0.15) is 23.7 Å². The van der Waals surface area contributed by atoms with E-state index < -0.39 is 5.97 Å². The zero-order valence-electron chi connectivity index (χ0n) is 16.9. The predicted molar refractivity (Wildman–Crippen MR) is 107 cm³/mol. The first kappa shape index (κ1) is 21.5. The second kappa shape index (κ2) is 9.98. The lowest BCUT2D eigenvalue weighted by Gasteiger charge is -2.39. The van der Waals surface area contributed by atoms with Crippen molar-refractivity contribution in [2.45, 2.75) is 38.8 Å². The first-order valence-corrected chi connectivity index (χ1v) is 10.0. The summed E-state index contributed by atoms with van der Waals surface area (Å²) in [6.45, 7) is 6.90. The number of likely N-dealkylation sites (tertiary alicyclic amines) is 1. The van der Waals surface area contributed by atoms with Gasteiger partial charge in [-0.15, -0.1) is 0 Å². The molecule has 3 aliphatic rings. The molecule has 2 N–H and O–H groups in total. The number of hydrogen-bond donors (Lipinski definition) is 2. The summed E-state index contributed by atoms with van der Waals surface area (Å²) < 4.78 is 16.8. The summed E-state index contributed by atoms with van der Waals surface area (Å²) in [4.78, 5) is 25.8. The lowest BCUT2D eigenvalue weighted by Crippen LogP contribution is -2.55. The number of ether oxygens (including phenoxy) is 2. The molecule has 3 heterocycles. The van der Waals surface area contributed by atoms with Gasteiger partial charge in [-0.2, -0.15) is 0 Å².